The van der Waals surface area contributed by atoms with Crippen molar-refractivity contribution in [3.05, 3.63) is 44.7 Å². The Balaban J connectivity index is 2.37. The third-order valence-electron chi connectivity index (χ3n) is 1.92. The quantitative estimate of drug-likeness (QED) is 0.807. The van der Waals surface area contributed by atoms with Crippen LogP contribution in [0.1, 0.15) is 0 Å². The molecule has 0 radical (unpaired) electrons. The Bertz CT molecular complexity index is 559. The van der Waals surface area contributed by atoms with E-state index in [1.165, 1.54) is 18.5 Å². The fourth-order valence-corrected chi connectivity index (χ4v) is 1.90. The molecule has 0 aliphatic rings. The Labute approximate surface area is 118 Å². The van der Waals surface area contributed by atoms with Crippen molar-refractivity contribution in [1.82, 2.24) is 9.97 Å². The summed E-state index contributed by atoms with van der Waals surface area (Å²) in [6, 6.07) is 3.13. The van der Waals surface area contributed by atoms with Gasteiger partial charge in [0, 0.05) is 12.4 Å². The van der Waals surface area contributed by atoms with Crippen LogP contribution in [0.5, 0.6) is 0 Å². The minimum absolute atomic E-state index is 0.245. The maximum atomic E-state index is 6.01. The van der Waals surface area contributed by atoms with E-state index < -0.39 is 0 Å². The van der Waals surface area contributed by atoms with E-state index in [0.717, 1.165) is 0 Å². The zero-order valence-corrected chi connectivity index (χ0v) is 11.2. The molecule has 2 rings (SSSR count). The van der Waals surface area contributed by atoms with Crippen molar-refractivity contribution in [3.8, 4) is 0 Å². The molecular weight excluding hydrogens is 304 g/mol. The molecule has 1 aromatic carbocycles. The van der Waals surface area contributed by atoms with Crippen LogP contribution < -0.4 is 5.32 Å². The Morgan fingerprint density at radius 1 is 0.824 bits per heavy atom. The van der Waals surface area contributed by atoms with E-state index in [2.05, 4.69) is 15.3 Å². The van der Waals surface area contributed by atoms with E-state index >= 15 is 0 Å². The number of nitrogens with one attached hydrogen (secondary N) is 1. The molecule has 0 fully saturated rings. The van der Waals surface area contributed by atoms with E-state index in [4.69, 9.17) is 46.4 Å². The topological polar surface area (TPSA) is 37.8 Å². The van der Waals surface area contributed by atoms with Gasteiger partial charge >= 0.3 is 0 Å². The average molecular weight is 309 g/mol. The number of benzene rings is 1. The summed E-state index contributed by atoms with van der Waals surface area (Å²) in [4.78, 5) is 7.91. The first-order valence-electron chi connectivity index (χ1n) is 4.46. The van der Waals surface area contributed by atoms with Gasteiger partial charge in [0.25, 0.3) is 0 Å². The summed E-state index contributed by atoms with van der Waals surface area (Å²) in [5.41, 5.74) is 0.559. The van der Waals surface area contributed by atoms with Gasteiger partial charge in [-0.2, -0.15) is 0 Å². The second kappa shape index (κ2) is 5.27. The lowest BCUT2D eigenvalue weighted by atomic mass is 10.3. The standard InChI is InChI=1S/C10H5Cl4N3/c11-5-3-7(13)8(4-6(5)12)17-10-9(14)15-1-2-16-10/h1-4H,(H,16,17). The van der Waals surface area contributed by atoms with Gasteiger partial charge in [-0.25, -0.2) is 9.97 Å². The Morgan fingerprint density at radius 2 is 1.47 bits per heavy atom. The molecule has 0 amide bonds. The number of anilines is 2. The number of nitrogens with zero attached hydrogens (tertiary/aromatic N) is 2. The van der Waals surface area contributed by atoms with Gasteiger partial charge in [0.15, 0.2) is 11.0 Å². The molecule has 0 saturated heterocycles. The Hall–Kier alpha value is -0.740. The molecule has 1 aromatic heterocycles. The monoisotopic (exact) mass is 307 g/mol. The maximum Gasteiger partial charge on any atom is 0.171 e. The molecule has 1 heterocycles. The average Bonchev–Trinajstić information content (AvgIpc) is 2.29. The van der Waals surface area contributed by atoms with E-state index in [1.54, 1.807) is 6.07 Å². The number of aromatic nitrogens is 2. The van der Waals surface area contributed by atoms with Gasteiger partial charge in [-0.3, -0.25) is 0 Å². The van der Waals surface area contributed by atoms with Gasteiger partial charge in [-0.15, -0.1) is 0 Å². The largest absolute Gasteiger partial charge is 0.336 e. The maximum absolute atomic E-state index is 6.01. The molecule has 0 unspecified atom stereocenters. The van der Waals surface area contributed by atoms with Crippen molar-refractivity contribution in [3.63, 3.8) is 0 Å². The molecule has 2 aromatic rings. The third kappa shape index (κ3) is 2.93. The minimum Gasteiger partial charge on any atom is -0.336 e. The van der Waals surface area contributed by atoms with Crippen LogP contribution in [0.25, 0.3) is 0 Å². The van der Waals surface area contributed by atoms with Crippen LogP contribution >= 0.6 is 46.4 Å². The zero-order chi connectivity index (χ0) is 12.4. The summed E-state index contributed by atoms with van der Waals surface area (Å²) in [5.74, 6) is 0.398. The van der Waals surface area contributed by atoms with Crippen LogP contribution in [-0.4, -0.2) is 9.97 Å². The number of hydrogen-bond donors (Lipinski definition) is 1. The highest BCUT2D eigenvalue weighted by Gasteiger charge is 2.08. The molecule has 88 valence electrons. The predicted molar refractivity (Wildman–Crippen MR) is 71.8 cm³/mol. The lowest BCUT2D eigenvalue weighted by molar-refractivity contribution is 1.20. The number of hydrogen-bond acceptors (Lipinski definition) is 3. The van der Waals surface area contributed by atoms with Crippen LogP contribution in [0, 0.1) is 0 Å². The first kappa shape index (κ1) is 12.7. The molecule has 1 N–H and O–H groups in total. The lowest BCUT2D eigenvalue weighted by Crippen LogP contribution is -1.96. The van der Waals surface area contributed by atoms with Gasteiger partial charge in [0.1, 0.15) is 0 Å². The Morgan fingerprint density at radius 3 is 2.18 bits per heavy atom. The summed E-state index contributed by atoms with van der Waals surface area (Å²) in [5, 5.41) is 4.36. The number of halogens is 4. The summed E-state index contributed by atoms with van der Waals surface area (Å²) in [6.07, 6.45) is 3.00. The fraction of sp³-hybridized carbons (Fsp3) is 0. The van der Waals surface area contributed by atoms with Gasteiger partial charge in [-0.1, -0.05) is 46.4 Å². The van der Waals surface area contributed by atoms with Crippen LogP contribution in [0.15, 0.2) is 24.5 Å². The molecule has 0 aliphatic carbocycles. The molecule has 17 heavy (non-hydrogen) atoms. The first-order valence-corrected chi connectivity index (χ1v) is 5.97. The highest BCUT2D eigenvalue weighted by atomic mass is 35.5. The summed E-state index contributed by atoms with van der Waals surface area (Å²) in [6.45, 7) is 0. The second-order valence-electron chi connectivity index (χ2n) is 3.07. The zero-order valence-electron chi connectivity index (χ0n) is 8.22. The predicted octanol–water partition coefficient (Wildman–Crippen LogP) is 4.83. The van der Waals surface area contributed by atoms with E-state index in [-0.39, 0.29) is 5.15 Å². The second-order valence-corrected chi connectivity index (χ2v) is 4.65. The SMILES string of the molecule is Clc1cc(Cl)c(Nc2nccnc2Cl)cc1Cl. The van der Waals surface area contributed by atoms with Gasteiger partial charge < -0.3 is 5.32 Å². The normalized spacial score (nSPS) is 10.4. The van der Waals surface area contributed by atoms with E-state index in [1.807, 2.05) is 0 Å². The third-order valence-corrected chi connectivity index (χ3v) is 3.23. The van der Waals surface area contributed by atoms with Crippen molar-refractivity contribution in [2.45, 2.75) is 0 Å². The van der Waals surface area contributed by atoms with Gasteiger partial charge in [0.2, 0.25) is 0 Å². The molecule has 0 saturated carbocycles. The highest BCUT2D eigenvalue weighted by Crippen LogP contribution is 2.34. The lowest BCUT2D eigenvalue weighted by Gasteiger charge is -2.09. The molecule has 0 aliphatic heterocycles. The van der Waals surface area contributed by atoms with Crippen LogP contribution in [-0.2, 0) is 0 Å². The minimum atomic E-state index is 0.245. The number of rotatable bonds is 2. The van der Waals surface area contributed by atoms with Crippen molar-refractivity contribution in [2.75, 3.05) is 5.32 Å². The van der Waals surface area contributed by atoms with E-state index in [0.29, 0.717) is 26.6 Å². The highest BCUT2D eigenvalue weighted by molar-refractivity contribution is 6.44. The van der Waals surface area contributed by atoms with Crippen LogP contribution in [0.2, 0.25) is 20.2 Å². The molecule has 0 atom stereocenters. The van der Waals surface area contributed by atoms with E-state index in [9.17, 15) is 0 Å². The van der Waals surface area contributed by atoms with Crippen LogP contribution in [0.3, 0.4) is 0 Å². The van der Waals surface area contributed by atoms with Crippen LogP contribution in [0.4, 0.5) is 11.5 Å². The summed E-state index contributed by atoms with van der Waals surface area (Å²) >= 11 is 23.6. The first-order chi connectivity index (χ1) is 8.08. The molecular formula is C10H5Cl4N3. The molecule has 0 bridgehead atoms. The summed E-state index contributed by atoms with van der Waals surface area (Å²) in [7, 11) is 0. The van der Waals surface area contributed by atoms with Crippen molar-refractivity contribution >= 4 is 57.9 Å². The van der Waals surface area contributed by atoms with Gasteiger partial charge in [-0.05, 0) is 12.1 Å². The smallest absolute Gasteiger partial charge is 0.171 e. The molecule has 7 heteroatoms. The summed E-state index contributed by atoms with van der Waals surface area (Å²) < 4.78 is 0. The molecule has 3 nitrogen and oxygen atoms in total. The fourth-order valence-electron chi connectivity index (χ4n) is 1.15. The van der Waals surface area contributed by atoms with Crippen molar-refractivity contribution in [1.29, 1.82) is 0 Å². The molecule has 0 spiro atoms. The van der Waals surface area contributed by atoms with Crippen molar-refractivity contribution in [2.24, 2.45) is 0 Å². The van der Waals surface area contributed by atoms with Gasteiger partial charge in [0.05, 0.1) is 20.8 Å². The van der Waals surface area contributed by atoms with Crippen molar-refractivity contribution < 1.29 is 0 Å². The Kier molecular flexibility index (Phi) is 3.94.